The van der Waals surface area contributed by atoms with Gasteiger partial charge in [-0.2, -0.15) is 0 Å². The molecule has 11 heteroatoms. The second-order valence-electron chi connectivity index (χ2n) is 10.3. The van der Waals surface area contributed by atoms with Crippen LogP contribution >= 0.6 is 39.1 Å². The number of sulfonamides is 1. The molecule has 0 unspecified atom stereocenters. The lowest BCUT2D eigenvalue weighted by atomic mass is 10.1. The van der Waals surface area contributed by atoms with Crippen LogP contribution in [0.15, 0.2) is 76.1 Å². The van der Waals surface area contributed by atoms with Crippen LogP contribution in [0.3, 0.4) is 0 Å². The Morgan fingerprint density at radius 3 is 2.15 bits per heavy atom. The Balaban J connectivity index is 1.70. The average molecular weight is 681 g/mol. The standard InChI is InChI=1S/C30H32BrCl2N3O4S/c1-20-7-13-28(14-8-20)41(39,40)36(27-16-24(32)15-25(33)17-27)19-29(37)35(18-22-9-11-23(31)12-10-22)21(2)30(38)34-26-5-3-4-6-26/h7-17,21,26H,3-6,18-19H2,1-2H3,(H,34,38)/t21-/m1/s1. The zero-order chi connectivity index (χ0) is 29.7. The van der Waals surface area contributed by atoms with Crippen LogP contribution in [0, 0.1) is 6.92 Å². The predicted molar refractivity (Wildman–Crippen MR) is 167 cm³/mol. The summed E-state index contributed by atoms with van der Waals surface area (Å²) in [7, 11) is -4.21. The van der Waals surface area contributed by atoms with Gasteiger partial charge in [0.15, 0.2) is 0 Å². The molecule has 3 aromatic carbocycles. The van der Waals surface area contributed by atoms with Crippen molar-refractivity contribution in [2.45, 2.75) is 63.1 Å². The summed E-state index contributed by atoms with van der Waals surface area (Å²) < 4.78 is 29.7. The van der Waals surface area contributed by atoms with E-state index in [9.17, 15) is 18.0 Å². The van der Waals surface area contributed by atoms with E-state index >= 15 is 0 Å². The molecule has 1 N–H and O–H groups in total. The fourth-order valence-corrected chi connectivity index (χ4v) is 6.99. The van der Waals surface area contributed by atoms with Gasteiger partial charge in [0.2, 0.25) is 11.8 Å². The first kappa shape index (κ1) is 31.3. The van der Waals surface area contributed by atoms with E-state index in [2.05, 4.69) is 21.2 Å². The maximum atomic E-state index is 14.0. The van der Waals surface area contributed by atoms with Crippen molar-refractivity contribution in [2.24, 2.45) is 0 Å². The van der Waals surface area contributed by atoms with Gasteiger partial charge in [-0.05, 0) is 74.7 Å². The average Bonchev–Trinajstić information content (AvgIpc) is 3.43. The third-order valence-electron chi connectivity index (χ3n) is 7.16. The Kier molecular flexibility index (Phi) is 10.4. The molecule has 0 radical (unpaired) electrons. The fraction of sp³-hybridized carbons (Fsp3) is 0.333. The van der Waals surface area contributed by atoms with Crippen LogP contribution in [0.25, 0.3) is 0 Å². The molecule has 1 aliphatic rings. The number of anilines is 1. The summed E-state index contributed by atoms with van der Waals surface area (Å²) in [6.45, 7) is 3.06. The molecule has 41 heavy (non-hydrogen) atoms. The maximum absolute atomic E-state index is 14.0. The Hall–Kier alpha value is -2.59. The molecule has 1 saturated carbocycles. The number of nitrogens with zero attached hydrogens (tertiary/aromatic N) is 2. The summed E-state index contributed by atoms with van der Waals surface area (Å²) in [5, 5.41) is 3.51. The fourth-order valence-electron chi connectivity index (χ4n) is 4.81. The largest absolute Gasteiger partial charge is 0.352 e. The van der Waals surface area contributed by atoms with Crippen LogP contribution in [0.5, 0.6) is 0 Å². The minimum Gasteiger partial charge on any atom is -0.352 e. The van der Waals surface area contributed by atoms with Crippen molar-refractivity contribution in [2.75, 3.05) is 10.8 Å². The van der Waals surface area contributed by atoms with Crippen LogP contribution < -0.4 is 9.62 Å². The van der Waals surface area contributed by atoms with Crippen LogP contribution in [0.1, 0.15) is 43.7 Å². The summed E-state index contributed by atoms with van der Waals surface area (Å²) in [6, 6.07) is 17.4. The van der Waals surface area contributed by atoms with Crippen LogP contribution in [-0.4, -0.2) is 43.8 Å². The van der Waals surface area contributed by atoms with Crippen LogP contribution in [0.4, 0.5) is 5.69 Å². The summed E-state index contributed by atoms with van der Waals surface area (Å²) in [5.74, 6) is -0.824. The lowest BCUT2D eigenvalue weighted by Gasteiger charge is -2.32. The van der Waals surface area contributed by atoms with Gasteiger partial charge in [0.05, 0.1) is 10.6 Å². The van der Waals surface area contributed by atoms with Crippen molar-refractivity contribution in [3.05, 3.63) is 92.4 Å². The van der Waals surface area contributed by atoms with Gasteiger partial charge in [-0.3, -0.25) is 13.9 Å². The molecule has 0 bridgehead atoms. The normalized spacial score (nSPS) is 14.5. The lowest BCUT2D eigenvalue weighted by Crippen LogP contribution is -2.52. The molecule has 7 nitrogen and oxygen atoms in total. The van der Waals surface area contributed by atoms with Crippen LogP contribution in [-0.2, 0) is 26.2 Å². The number of nitrogens with one attached hydrogen (secondary N) is 1. The van der Waals surface area contributed by atoms with Gasteiger partial charge >= 0.3 is 0 Å². The molecule has 0 saturated heterocycles. The van der Waals surface area contributed by atoms with Crippen molar-refractivity contribution in [1.82, 2.24) is 10.2 Å². The molecule has 0 spiro atoms. The van der Waals surface area contributed by atoms with E-state index in [-0.39, 0.29) is 39.1 Å². The first-order valence-corrected chi connectivity index (χ1v) is 16.3. The number of hydrogen-bond donors (Lipinski definition) is 1. The number of amides is 2. The number of carbonyl (C=O) groups excluding carboxylic acids is 2. The van der Waals surface area contributed by atoms with E-state index in [0.717, 1.165) is 45.6 Å². The predicted octanol–water partition coefficient (Wildman–Crippen LogP) is 6.74. The minimum absolute atomic E-state index is 0.0125. The first-order valence-electron chi connectivity index (χ1n) is 13.3. The zero-order valence-electron chi connectivity index (χ0n) is 22.8. The molecular weight excluding hydrogens is 649 g/mol. The second kappa shape index (κ2) is 13.6. The van der Waals surface area contributed by atoms with Gasteiger partial charge in [-0.1, -0.05) is 81.8 Å². The quantitative estimate of drug-likeness (QED) is 0.257. The van der Waals surface area contributed by atoms with Gasteiger partial charge in [0, 0.05) is 27.1 Å². The molecule has 1 fully saturated rings. The number of hydrogen-bond acceptors (Lipinski definition) is 4. The Labute approximate surface area is 260 Å². The molecule has 4 rings (SSSR count). The highest BCUT2D eigenvalue weighted by Crippen LogP contribution is 2.30. The second-order valence-corrected chi connectivity index (χ2v) is 13.9. The summed E-state index contributed by atoms with van der Waals surface area (Å²) in [6.07, 6.45) is 3.90. The summed E-state index contributed by atoms with van der Waals surface area (Å²) in [4.78, 5) is 28.8. The van der Waals surface area contributed by atoms with E-state index in [1.807, 2.05) is 31.2 Å². The van der Waals surface area contributed by atoms with E-state index < -0.39 is 28.5 Å². The van der Waals surface area contributed by atoms with Gasteiger partial charge in [0.1, 0.15) is 12.6 Å². The molecule has 0 aliphatic heterocycles. The Bertz CT molecular complexity index is 1470. The summed E-state index contributed by atoms with van der Waals surface area (Å²) >= 11 is 15.9. The van der Waals surface area contributed by atoms with Gasteiger partial charge < -0.3 is 10.2 Å². The number of rotatable bonds is 10. The molecule has 1 aliphatic carbocycles. The molecular formula is C30H32BrCl2N3O4S. The van der Waals surface area contributed by atoms with Crippen molar-refractivity contribution in [3.8, 4) is 0 Å². The number of benzene rings is 3. The first-order chi connectivity index (χ1) is 19.4. The van der Waals surface area contributed by atoms with Crippen molar-refractivity contribution in [1.29, 1.82) is 0 Å². The van der Waals surface area contributed by atoms with Gasteiger partial charge in [-0.25, -0.2) is 8.42 Å². The molecule has 1 atom stereocenters. The summed E-state index contributed by atoms with van der Waals surface area (Å²) in [5.41, 5.74) is 1.82. The Morgan fingerprint density at radius 2 is 1.56 bits per heavy atom. The number of halogens is 3. The van der Waals surface area contributed by atoms with E-state index in [0.29, 0.717) is 0 Å². The smallest absolute Gasteiger partial charge is 0.264 e. The lowest BCUT2D eigenvalue weighted by molar-refractivity contribution is -0.139. The third kappa shape index (κ3) is 8.03. The van der Waals surface area contributed by atoms with Crippen LogP contribution in [0.2, 0.25) is 10.0 Å². The third-order valence-corrected chi connectivity index (χ3v) is 9.91. The molecule has 2 amide bonds. The van der Waals surface area contributed by atoms with E-state index in [1.54, 1.807) is 19.1 Å². The number of carbonyl (C=O) groups is 2. The molecule has 0 heterocycles. The maximum Gasteiger partial charge on any atom is 0.264 e. The molecule has 0 aromatic heterocycles. The van der Waals surface area contributed by atoms with Crippen molar-refractivity contribution >= 4 is 66.7 Å². The SMILES string of the molecule is Cc1ccc(S(=O)(=O)N(CC(=O)N(Cc2ccc(Br)cc2)[C@H](C)C(=O)NC2CCCC2)c2cc(Cl)cc(Cl)c2)cc1. The Morgan fingerprint density at radius 1 is 0.976 bits per heavy atom. The van der Waals surface area contributed by atoms with Crippen molar-refractivity contribution in [3.63, 3.8) is 0 Å². The topological polar surface area (TPSA) is 86.8 Å². The monoisotopic (exact) mass is 679 g/mol. The minimum atomic E-state index is -4.21. The molecule has 3 aromatic rings. The molecule has 218 valence electrons. The van der Waals surface area contributed by atoms with Gasteiger partial charge in [0.25, 0.3) is 10.0 Å². The number of aryl methyl sites for hydroxylation is 1. The highest BCUT2D eigenvalue weighted by Gasteiger charge is 2.33. The van der Waals surface area contributed by atoms with E-state index in [4.69, 9.17) is 23.2 Å². The highest BCUT2D eigenvalue weighted by atomic mass is 79.9. The highest BCUT2D eigenvalue weighted by molar-refractivity contribution is 9.10. The van der Waals surface area contributed by atoms with Gasteiger partial charge in [-0.15, -0.1) is 0 Å². The van der Waals surface area contributed by atoms with E-state index in [1.165, 1.54) is 35.2 Å². The zero-order valence-corrected chi connectivity index (χ0v) is 26.7. The van der Waals surface area contributed by atoms with Crippen molar-refractivity contribution < 1.29 is 18.0 Å².